The van der Waals surface area contributed by atoms with Crippen LogP contribution in [-0.4, -0.2) is 47.3 Å². The molecule has 0 radical (unpaired) electrons. The lowest BCUT2D eigenvalue weighted by atomic mass is 9.93. The Morgan fingerprint density at radius 1 is 1.26 bits per heavy atom. The number of aliphatic hydroxyl groups excluding tert-OH is 1. The molecule has 0 spiro atoms. The van der Waals surface area contributed by atoms with Crippen molar-refractivity contribution in [2.75, 3.05) is 19.7 Å². The Balaban J connectivity index is 1.83. The van der Waals surface area contributed by atoms with Crippen molar-refractivity contribution >= 4 is 0 Å². The highest BCUT2D eigenvalue weighted by molar-refractivity contribution is 4.95. The van der Waals surface area contributed by atoms with E-state index in [1.54, 1.807) is 0 Å². The average Bonchev–Trinajstić information content (AvgIpc) is 3.00. The van der Waals surface area contributed by atoms with E-state index in [0.717, 1.165) is 18.3 Å². The third kappa shape index (κ3) is 4.17. The van der Waals surface area contributed by atoms with E-state index >= 15 is 0 Å². The molecule has 1 saturated carbocycles. The highest BCUT2D eigenvalue weighted by Gasteiger charge is 2.36. The molecular formula is C16H32N2O. The number of likely N-dealkylation sites (tertiary alicyclic amines) is 1. The van der Waals surface area contributed by atoms with Crippen LogP contribution in [0, 0.1) is 11.8 Å². The van der Waals surface area contributed by atoms with Gasteiger partial charge in [0.25, 0.3) is 0 Å². The molecule has 1 aliphatic heterocycles. The van der Waals surface area contributed by atoms with Gasteiger partial charge in [0.15, 0.2) is 0 Å². The van der Waals surface area contributed by atoms with E-state index in [9.17, 15) is 5.11 Å². The smallest absolute Gasteiger partial charge is 0.0611 e. The average molecular weight is 268 g/mol. The Morgan fingerprint density at radius 2 is 1.95 bits per heavy atom. The minimum atomic E-state index is -0.101. The maximum absolute atomic E-state index is 9.71. The molecule has 0 aromatic rings. The summed E-state index contributed by atoms with van der Waals surface area (Å²) in [5.41, 5.74) is -0.101. The number of hydrogen-bond acceptors (Lipinski definition) is 3. The Morgan fingerprint density at radius 3 is 2.42 bits per heavy atom. The molecule has 2 aliphatic rings. The summed E-state index contributed by atoms with van der Waals surface area (Å²) in [7, 11) is 0. The third-order valence-corrected chi connectivity index (χ3v) is 5.05. The van der Waals surface area contributed by atoms with Crippen molar-refractivity contribution in [2.45, 2.75) is 71.0 Å². The van der Waals surface area contributed by atoms with Crippen LogP contribution in [0.2, 0.25) is 0 Å². The monoisotopic (exact) mass is 268 g/mol. The zero-order valence-electron chi connectivity index (χ0n) is 13.2. The first-order valence-electron chi connectivity index (χ1n) is 8.06. The van der Waals surface area contributed by atoms with Crippen molar-refractivity contribution in [1.29, 1.82) is 0 Å². The first-order chi connectivity index (χ1) is 8.93. The molecule has 0 aromatic heterocycles. The van der Waals surface area contributed by atoms with E-state index in [4.69, 9.17) is 0 Å². The van der Waals surface area contributed by atoms with Gasteiger partial charge >= 0.3 is 0 Å². The Hall–Kier alpha value is -0.120. The van der Waals surface area contributed by atoms with Gasteiger partial charge in [-0.2, -0.15) is 0 Å². The lowest BCUT2D eigenvalue weighted by Gasteiger charge is -2.35. The number of aliphatic hydroxyl groups is 1. The van der Waals surface area contributed by atoms with E-state index in [1.807, 2.05) is 0 Å². The van der Waals surface area contributed by atoms with Gasteiger partial charge in [0.05, 0.1) is 6.61 Å². The summed E-state index contributed by atoms with van der Waals surface area (Å²) >= 11 is 0. The van der Waals surface area contributed by atoms with Crippen LogP contribution in [0.1, 0.15) is 53.4 Å². The molecule has 3 unspecified atom stereocenters. The topological polar surface area (TPSA) is 35.5 Å². The highest BCUT2D eigenvalue weighted by Crippen LogP contribution is 2.29. The van der Waals surface area contributed by atoms with Gasteiger partial charge < -0.3 is 15.3 Å². The van der Waals surface area contributed by atoms with E-state index < -0.39 is 0 Å². The van der Waals surface area contributed by atoms with Crippen molar-refractivity contribution in [3.63, 3.8) is 0 Å². The Bertz CT molecular complexity index is 290. The molecule has 0 aromatic carbocycles. The summed E-state index contributed by atoms with van der Waals surface area (Å²) in [4.78, 5) is 2.62. The minimum Gasteiger partial charge on any atom is -0.394 e. The Labute approximate surface area is 118 Å². The zero-order chi connectivity index (χ0) is 14.0. The molecule has 0 amide bonds. The second kappa shape index (κ2) is 6.11. The Kier molecular flexibility index (Phi) is 4.91. The molecule has 1 saturated heterocycles. The number of rotatable bonds is 7. The molecule has 3 atom stereocenters. The molecule has 2 N–H and O–H groups in total. The standard InChI is InChI=1S/C16H32N2O/c1-12(2)14-7-8-18(10-14)13(3)9-16(4,11-19)17-15-5-6-15/h12-15,17,19H,5-11H2,1-4H3. The lowest BCUT2D eigenvalue weighted by molar-refractivity contribution is 0.121. The maximum Gasteiger partial charge on any atom is 0.0611 e. The van der Waals surface area contributed by atoms with Crippen LogP contribution < -0.4 is 5.32 Å². The van der Waals surface area contributed by atoms with Crippen LogP contribution in [0.4, 0.5) is 0 Å². The molecule has 19 heavy (non-hydrogen) atoms. The van der Waals surface area contributed by atoms with Crippen molar-refractivity contribution in [1.82, 2.24) is 10.2 Å². The molecule has 3 nitrogen and oxygen atoms in total. The van der Waals surface area contributed by atoms with Crippen LogP contribution in [0.25, 0.3) is 0 Å². The van der Waals surface area contributed by atoms with Gasteiger partial charge in [-0.25, -0.2) is 0 Å². The number of nitrogens with zero attached hydrogens (tertiary/aromatic N) is 1. The SMILES string of the molecule is CC(C)C1CCN(C(C)CC(C)(CO)NC2CC2)C1. The summed E-state index contributed by atoms with van der Waals surface area (Å²) < 4.78 is 0. The van der Waals surface area contributed by atoms with Crippen LogP contribution >= 0.6 is 0 Å². The van der Waals surface area contributed by atoms with Crippen LogP contribution in [0.15, 0.2) is 0 Å². The maximum atomic E-state index is 9.71. The fourth-order valence-electron chi connectivity index (χ4n) is 3.43. The second-order valence-corrected chi connectivity index (χ2v) is 7.48. The summed E-state index contributed by atoms with van der Waals surface area (Å²) in [5, 5.41) is 13.3. The number of nitrogens with one attached hydrogen (secondary N) is 1. The first-order valence-corrected chi connectivity index (χ1v) is 8.06. The third-order valence-electron chi connectivity index (χ3n) is 5.05. The van der Waals surface area contributed by atoms with Crippen LogP contribution in [0.5, 0.6) is 0 Å². The summed E-state index contributed by atoms with van der Waals surface area (Å²) in [6.45, 7) is 11.9. The highest BCUT2D eigenvalue weighted by atomic mass is 16.3. The van der Waals surface area contributed by atoms with Crippen molar-refractivity contribution < 1.29 is 5.11 Å². The van der Waals surface area contributed by atoms with Crippen molar-refractivity contribution in [3.8, 4) is 0 Å². The van der Waals surface area contributed by atoms with Gasteiger partial charge in [-0.1, -0.05) is 13.8 Å². The van der Waals surface area contributed by atoms with E-state index in [1.165, 1.54) is 32.4 Å². The van der Waals surface area contributed by atoms with Gasteiger partial charge in [0, 0.05) is 24.2 Å². The molecule has 0 bridgehead atoms. The summed E-state index contributed by atoms with van der Waals surface area (Å²) in [6, 6.07) is 1.22. The van der Waals surface area contributed by atoms with Crippen molar-refractivity contribution in [3.05, 3.63) is 0 Å². The molecule has 2 rings (SSSR count). The predicted molar refractivity (Wildman–Crippen MR) is 80.2 cm³/mol. The first kappa shape index (κ1) is 15.3. The molecule has 112 valence electrons. The second-order valence-electron chi connectivity index (χ2n) is 7.48. The van der Waals surface area contributed by atoms with Gasteiger partial charge in [0.1, 0.15) is 0 Å². The minimum absolute atomic E-state index is 0.101. The van der Waals surface area contributed by atoms with Crippen LogP contribution in [0.3, 0.4) is 0 Å². The summed E-state index contributed by atoms with van der Waals surface area (Å²) in [6.07, 6.45) is 4.95. The van der Waals surface area contributed by atoms with Gasteiger partial charge in [-0.3, -0.25) is 0 Å². The largest absolute Gasteiger partial charge is 0.394 e. The zero-order valence-corrected chi connectivity index (χ0v) is 13.2. The predicted octanol–water partition coefficient (Wildman–Crippen LogP) is 2.25. The normalized spacial score (nSPS) is 29.7. The molecular weight excluding hydrogens is 236 g/mol. The van der Waals surface area contributed by atoms with Gasteiger partial charge in [-0.15, -0.1) is 0 Å². The summed E-state index contributed by atoms with van der Waals surface area (Å²) in [5.74, 6) is 1.66. The quantitative estimate of drug-likeness (QED) is 0.743. The van der Waals surface area contributed by atoms with Crippen molar-refractivity contribution in [2.24, 2.45) is 11.8 Å². The molecule has 3 heteroatoms. The molecule has 2 fully saturated rings. The van der Waals surface area contributed by atoms with Crippen LogP contribution in [-0.2, 0) is 0 Å². The van der Waals surface area contributed by atoms with E-state index in [0.29, 0.717) is 12.1 Å². The fraction of sp³-hybridized carbons (Fsp3) is 1.00. The lowest BCUT2D eigenvalue weighted by Crippen LogP contribution is -2.51. The fourth-order valence-corrected chi connectivity index (χ4v) is 3.43. The number of hydrogen-bond donors (Lipinski definition) is 2. The van der Waals surface area contributed by atoms with E-state index in [-0.39, 0.29) is 12.1 Å². The molecule has 1 heterocycles. The van der Waals surface area contributed by atoms with Gasteiger partial charge in [0.2, 0.25) is 0 Å². The molecule has 1 aliphatic carbocycles. The van der Waals surface area contributed by atoms with Gasteiger partial charge in [-0.05, 0) is 57.9 Å². The van der Waals surface area contributed by atoms with E-state index in [2.05, 4.69) is 37.9 Å².